The van der Waals surface area contributed by atoms with Gasteiger partial charge in [0.25, 0.3) is 0 Å². The minimum atomic E-state index is -2.13. The van der Waals surface area contributed by atoms with Crippen molar-refractivity contribution in [1.82, 2.24) is 19.5 Å². The summed E-state index contributed by atoms with van der Waals surface area (Å²) in [6.07, 6.45) is -0.332. The van der Waals surface area contributed by atoms with Crippen molar-refractivity contribution in [3.8, 4) is 0 Å². The number of imidazole rings is 1. The fourth-order valence-electron chi connectivity index (χ4n) is 3.30. The minimum Gasteiger partial charge on any atom is -0.407 e. The average molecular weight is 426 g/mol. The van der Waals surface area contributed by atoms with Crippen LogP contribution in [0.1, 0.15) is 26.8 Å². The van der Waals surface area contributed by atoms with Crippen LogP contribution in [-0.4, -0.2) is 58.4 Å². The Bertz CT molecular complexity index is 910. The van der Waals surface area contributed by atoms with Gasteiger partial charge in [0.2, 0.25) is 5.95 Å². The Morgan fingerprint density at radius 2 is 1.96 bits per heavy atom. The lowest BCUT2D eigenvalue weighted by molar-refractivity contribution is -0.0449. The van der Waals surface area contributed by atoms with Gasteiger partial charge in [-0.15, -0.1) is 0 Å². The van der Waals surface area contributed by atoms with E-state index in [2.05, 4.69) is 55.4 Å². The molecule has 2 aromatic heterocycles. The van der Waals surface area contributed by atoms with Gasteiger partial charge in [-0.1, -0.05) is 39.0 Å². The summed E-state index contributed by atoms with van der Waals surface area (Å²) in [6.45, 7) is 15.1. The second-order valence-corrected chi connectivity index (χ2v) is 13.8. The zero-order valence-corrected chi connectivity index (χ0v) is 18.9. The summed E-state index contributed by atoms with van der Waals surface area (Å²) in [4.78, 5) is 12.5. The SMILES string of the molecule is C=C1[C@@H](O[Si](C)(C)C(C)(C)C)[C@@H](OC)[C@@H](O)[C@@H]1n1cnc2c(Cl)nc(N)nc21. The van der Waals surface area contributed by atoms with Crippen molar-refractivity contribution in [3.63, 3.8) is 0 Å². The summed E-state index contributed by atoms with van der Waals surface area (Å²) in [5.41, 5.74) is 7.31. The lowest BCUT2D eigenvalue weighted by Crippen LogP contribution is -2.47. The van der Waals surface area contributed by atoms with Crippen LogP contribution in [0, 0.1) is 0 Å². The molecule has 0 amide bonds. The van der Waals surface area contributed by atoms with Crippen LogP contribution in [0.5, 0.6) is 0 Å². The van der Waals surface area contributed by atoms with Crippen molar-refractivity contribution in [3.05, 3.63) is 23.6 Å². The number of hydrogen-bond acceptors (Lipinski definition) is 7. The third-order valence-corrected chi connectivity index (χ3v) is 10.6. The fraction of sp³-hybridized carbons (Fsp3) is 0.611. The Morgan fingerprint density at radius 1 is 1.32 bits per heavy atom. The van der Waals surface area contributed by atoms with E-state index in [0.717, 1.165) is 0 Å². The van der Waals surface area contributed by atoms with Crippen LogP contribution >= 0.6 is 11.6 Å². The van der Waals surface area contributed by atoms with Gasteiger partial charge in [-0.25, -0.2) is 4.98 Å². The Kier molecular flexibility index (Phi) is 5.35. The number of nitrogens with two attached hydrogens (primary N) is 1. The molecular weight excluding hydrogens is 398 g/mol. The van der Waals surface area contributed by atoms with Gasteiger partial charge in [0.15, 0.2) is 19.1 Å². The number of nitrogens with zero attached hydrogens (tertiary/aromatic N) is 4. The maximum absolute atomic E-state index is 11.1. The predicted octanol–water partition coefficient (Wildman–Crippen LogP) is 2.94. The van der Waals surface area contributed by atoms with Gasteiger partial charge >= 0.3 is 0 Å². The molecule has 1 fully saturated rings. The summed E-state index contributed by atoms with van der Waals surface area (Å²) < 4.78 is 13.9. The lowest BCUT2D eigenvalue weighted by Gasteiger charge is -2.39. The third kappa shape index (κ3) is 3.35. The molecule has 1 aliphatic carbocycles. The van der Waals surface area contributed by atoms with E-state index in [1.165, 1.54) is 0 Å². The van der Waals surface area contributed by atoms with E-state index in [9.17, 15) is 5.11 Å². The quantitative estimate of drug-likeness (QED) is 0.440. The van der Waals surface area contributed by atoms with E-state index < -0.39 is 32.7 Å². The van der Waals surface area contributed by atoms with Gasteiger partial charge in [0.05, 0.1) is 18.5 Å². The summed E-state index contributed by atoms with van der Waals surface area (Å²) >= 11 is 6.14. The van der Waals surface area contributed by atoms with Gasteiger partial charge in [-0.2, -0.15) is 9.97 Å². The Labute approximate surface area is 170 Å². The molecule has 0 radical (unpaired) electrons. The third-order valence-electron chi connectivity index (χ3n) is 5.90. The molecule has 0 aromatic carbocycles. The van der Waals surface area contributed by atoms with Crippen molar-refractivity contribution in [1.29, 1.82) is 0 Å². The topological polar surface area (TPSA) is 108 Å². The summed E-state index contributed by atoms with van der Waals surface area (Å²) in [5.74, 6) is 0.0368. The normalized spacial score (nSPS) is 26.4. The first-order valence-corrected chi connectivity index (χ1v) is 12.4. The Hall–Kier alpha value is -1.52. The molecule has 8 nitrogen and oxygen atoms in total. The second-order valence-electron chi connectivity index (χ2n) is 8.71. The van der Waals surface area contributed by atoms with Crippen LogP contribution in [0.25, 0.3) is 11.2 Å². The van der Waals surface area contributed by atoms with E-state index in [0.29, 0.717) is 16.7 Å². The van der Waals surface area contributed by atoms with Crippen LogP contribution in [0.2, 0.25) is 23.3 Å². The van der Waals surface area contributed by atoms with Crippen LogP contribution in [0.15, 0.2) is 18.5 Å². The van der Waals surface area contributed by atoms with E-state index in [4.69, 9.17) is 26.5 Å². The zero-order valence-electron chi connectivity index (χ0n) is 17.1. The maximum atomic E-state index is 11.1. The smallest absolute Gasteiger partial charge is 0.223 e. The monoisotopic (exact) mass is 425 g/mol. The number of aliphatic hydroxyl groups excluding tert-OH is 1. The van der Waals surface area contributed by atoms with Gasteiger partial charge in [-0.05, 0) is 23.7 Å². The van der Waals surface area contributed by atoms with Crippen molar-refractivity contribution in [2.24, 2.45) is 0 Å². The standard InChI is InChI=1S/C18H28ClN5O3Si/c1-9-11(24-8-21-10-15(19)22-17(20)23-16(10)24)12(25)14(26-5)13(9)27-28(6,7)18(2,3)4/h8,11-14,25H,1H2,2-7H3,(H2,20,22,23)/t11-,12+,13-,14+/m1/s1. The molecule has 2 heterocycles. The molecule has 0 unspecified atom stereocenters. The van der Waals surface area contributed by atoms with Crippen molar-refractivity contribution < 1.29 is 14.3 Å². The van der Waals surface area contributed by atoms with E-state index in [-0.39, 0.29) is 16.1 Å². The molecular formula is C18H28ClN5O3Si. The van der Waals surface area contributed by atoms with Crippen molar-refractivity contribution in [2.75, 3.05) is 12.8 Å². The molecule has 1 aliphatic rings. The molecule has 0 saturated heterocycles. The van der Waals surface area contributed by atoms with Crippen LogP contribution in [0.4, 0.5) is 5.95 Å². The maximum Gasteiger partial charge on any atom is 0.223 e. The molecule has 3 rings (SSSR count). The number of hydrogen-bond donors (Lipinski definition) is 2. The van der Waals surface area contributed by atoms with E-state index >= 15 is 0 Å². The number of rotatable bonds is 4. The highest BCUT2D eigenvalue weighted by Crippen LogP contribution is 2.45. The molecule has 0 aliphatic heterocycles. The molecule has 4 atom stereocenters. The van der Waals surface area contributed by atoms with Crippen LogP contribution < -0.4 is 5.73 Å². The lowest BCUT2D eigenvalue weighted by atomic mass is 10.1. The summed E-state index contributed by atoms with van der Waals surface area (Å²) in [5, 5.41) is 11.2. The minimum absolute atomic E-state index is 0.00547. The van der Waals surface area contributed by atoms with E-state index in [1.807, 2.05) is 0 Å². The van der Waals surface area contributed by atoms with Gasteiger partial charge < -0.3 is 24.6 Å². The highest BCUT2D eigenvalue weighted by atomic mass is 35.5. The number of anilines is 1. The first-order valence-electron chi connectivity index (χ1n) is 9.12. The van der Waals surface area contributed by atoms with E-state index in [1.54, 1.807) is 18.0 Å². The number of methoxy groups -OCH3 is 1. The van der Waals surface area contributed by atoms with Gasteiger partial charge in [0.1, 0.15) is 17.7 Å². The summed E-state index contributed by atoms with van der Waals surface area (Å²) in [6, 6.07) is -0.532. The number of nitrogen functional groups attached to an aromatic ring is 1. The first kappa shape index (κ1) is 21.2. The molecule has 28 heavy (non-hydrogen) atoms. The number of fused-ring (bicyclic) bond motifs is 1. The first-order chi connectivity index (χ1) is 12.9. The summed E-state index contributed by atoms with van der Waals surface area (Å²) in [7, 11) is -0.565. The number of ether oxygens (including phenoxy) is 1. The van der Waals surface area contributed by atoms with Crippen molar-refractivity contribution >= 4 is 37.0 Å². The largest absolute Gasteiger partial charge is 0.407 e. The fourth-order valence-corrected chi connectivity index (χ4v) is 4.80. The average Bonchev–Trinajstić information content (AvgIpc) is 3.06. The number of halogens is 1. The second kappa shape index (κ2) is 7.07. The predicted molar refractivity (Wildman–Crippen MR) is 112 cm³/mol. The highest BCUT2D eigenvalue weighted by molar-refractivity contribution is 6.74. The van der Waals surface area contributed by atoms with Gasteiger partial charge in [-0.3, -0.25) is 0 Å². The molecule has 3 N–H and O–H groups in total. The number of aromatic nitrogens is 4. The van der Waals surface area contributed by atoms with Crippen LogP contribution in [0.3, 0.4) is 0 Å². The molecule has 0 spiro atoms. The zero-order chi connectivity index (χ0) is 21.0. The molecule has 0 bridgehead atoms. The molecule has 1 saturated carbocycles. The molecule has 2 aromatic rings. The van der Waals surface area contributed by atoms with Crippen molar-refractivity contribution in [2.45, 2.75) is 63.3 Å². The van der Waals surface area contributed by atoms with Gasteiger partial charge in [0, 0.05) is 7.11 Å². The number of aliphatic hydroxyl groups is 1. The molecule has 10 heteroatoms. The highest BCUT2D eigenvalue weighted by Gasteiger charge is 2.51. The van der Waals surface area contributed by atoms with Crippen LogP contribution in [-0.2, 0) is 9.16 Å². The molecule has 154 valence electrons. The Balaban J connectivity index is 2.03. The Morgan fingerprint density at radius 3 is 2.54 bits per heavy atom.